The van der Waals surface area contributed by atoms with Crippen molar-refractivity contribution in [3.8, 4) is 0 Å². The van der Waals surface area contributed by atoms with Crippen molar-refractivity contribution < 1.29 is 23.1 Å². The van der Waals surface area contributed by atoms with Gasteiger partial charge in [-0.2, -0.15) is 0 Å². The Balaban J connectivity index is 2.00. The Morgan fingerprint density at radius 3 is 2.41 bits per heavy atom. The third kappa shape index (κ3) is 3.78. The van der Waals surface area contributed by atoms with Gasteiger partial charge >= 0.3 is 12.0 Å². The van der Waals surface area contributed by atoms with Crippen molar-refractivity contribution in [3.05, 3.63) is 65.2 Å². The Morgan fingerprint density at radius 1 is 1.09 bits per heavy atom. The summed E-state index contributed by atoms with van der Waals surface area (Å²) in [6.07, 6.45) is 0. The third-order valence-electron chi connectivity index (χ3n) is 2.78. The fourth-order valence-electron chi connectivity index (χ4n) is 1.72. The number of carbonyl (C=O) groups is 2. The molecule has 2 rings (SSSR count). The molecule has 0 atom stereocenters. The lowest BCUT2D eigenvalue weighted by atomic mass is 10.2. The number of hydrogen-bond acceptors (Lipinski definition) is 3. The summed E-state index contributed by atoms with van der Waals surface area (Å²) in [6.45, 7) is -0.385. The molecular weight excluding hydrogens is 294 g/mol. The number of halogens is 2. The van der Waals surface area contributed by atoms with Crippen LogP contribution in [0.4, 0.5) is 19.3 Å². The van der Waals surface area contributed by atoms with Gasteiger partial charge in [-0.3, -0.25) is 0 Å². The Morgan fingerprint density at radius 2 is 1.77 bits per heavy atom. The van der Waals surface area contributed by atoms with E-state index in [0.29, 0.717) is 5.69 Å². The molecule has 0 unspecified atom stereocenters. The molecule has 2 aromatic rings. The lowest BCUT2D eigenvalue weighted by Gasteiger charge is -2.07. The van der Waals surface area contributed by atoms with Crippen LogP contribution in [-0.4, -0.2) is 12.0 Å². The van der Waals surface area contributed by atoms with Gasteiger partial charge in [-0.1, -0.05) is 12.1 Å². The summed E-state index contributed by atoms with van der Waals surface area (Å²) >= 11 is 0. The maximum Gasteiger partial charge on any atom is 0.338 e. The highest BCUT2D eigenvalue weighted by atomic mass is 19.2. The van der Waals surface area contributed by atoms with Crippen LogP contribution in [-0.2, 0) is 11.3 Å². The second-order valence-electron chi connectivity index (χ2n) is 4.36. The minimum Gasteiger partial charge on any atom is -0.457 e. The van der Waals surface area contributed by atoms with Gasteiger partial charge in [-0.05, 0) is 30.3 Å². The average molecular weight is 306 g/mol. The van der Waals surface area contributed by atoms with E-state index in [0.717, 1.165) is 6.07 Å². The van der Waals surface area contributed by atoms with Crippen LogP contribution in [0, 0.1) is 11.6 Å². The van der Waals surface area contributed by atoms with Crippen LogP contribution in [0.1, 0.15) is 15.9 Å². The molecule has 2 aromatic carbocycles. The van der Waals surface area contributed by atoms with Crippen molar-refractivity contribution in [1.29, 1.82) is 0 Å². The Bertz CT molecular complexity index is 702. The van der Waals surface area contributed by atoms with Crippen molar-refractivity contribution in [2.75, 3.05) is 5.32 Å². The highest BCUT2D eigenvalue weighted by Crippen LogP contribution is 2.14. The fraction of sp³-hybridized carbons (Fsp3) is 0.0667. The highest BCUT2D eigenvalue weighted by molar-refractivity contribution is 5.91. The second kappa shape index (κ2) is 6.66. The first-order valence-electron chi connectivity index (χ1n) is 6.24. The number of anilines is 1. The molecule has 0 fully saturated rings. The Hall–Kier alpha value is -2.96. The molecule has 0 saturated carbocycles. The third-order valence-corrected chi connectivity index (χ3v) is 2.78. The molecule has 0 aliphatic carbocycles. The molecule has 3 N–H and O–H groups in total. The predicted octanol–water partition coefficient (Wildman–Crippen LogP) is 2.81. The molecule has 5 nitrogen and oxygen atoms in total. The molecular formula is C15H12F2N2O3. The van der Waals surface area contributed by atoms with E-state index in [-0.39, 0.29) is 17.7 Å². The van der Waals surface area contributed by atoms with Crippen molar-refractivity contribution in [2.45, 2.75) is 6.61 Å². The lowest BCUT2D eigenvalue weighted by Crippen LogP contribution is -2.19. The van der Waals surface area contributed by atoms with Crippen LogP contribution in [0.2, 0.25) is 0 Å². The molecule has 0 aliphatic heterocycles. The van der Waals surface area contributed by atoms with Crippen molar-refractivity contribution in [3.63, 3.8) is 0 Å². The van der Waals surface area contributed by atoms with Crippen LogP contribution in [0.25, 0.3) is 0 Å². The first-order valence-corrected chi connectivity index (χ1v) is 6.24. The minimum atomic E-state index is -1.05. The number of ether oxygens (including phenoxy) is 1. The van der Waals surface area contributed by atoms with E-state index in [9.17, 15) is 18.4 Å². The number of carbonyl (C=O) groups excluding carboxylic acids is 2. The number of urea groups is 1. The summed E-state index contributed by atoms with van der Waals surface area (Å²) < 4.78 is 31.3. The smallest absolute Gasteiger partial charge is 0.338 e. The van der Waals surface area contributed by atoms with E-state index in [1.54, 1.807) is 0 Å². The number of hydrogen-bond donors (Lipinski definition) is 2. The fourth-order valence-corrected chi connectivity index (χ4v) is 1.72. The molecule has 7 heteroatoms. The molecule has 22 heavy (non-hydrogen) atoms. The SMILES string of the molecule is NC(=O)Nc1ccc(C(=O)OCc2cccc(F)c2F)cc1. The van der Waals surface area contributed by atoms with E-state index in [1.165, 1.54) is 36.4 Å². The standard InChI is InChI=1S/C15H12F2N2O3/c16-12-3-1-2-10(13(12)17)8-22-14(20)9-4-6-11(7-5-9)19-15(18)21/h1-7H,8H2,(H3,18,19,21). The van der Waals surface area contributed by atoms with Crippen molar-refractivity contribution in [1.82, 2.24) is 0 Å². The van der Waals surface area contributed by atoms with Gasteiger partial charge in [0.1, 0.15) is 6.61 Å². The van der Waals surface area contributed by atoms with Crippen molar-refractivity contribution in [2.24, 2.45) is 5.73 Å². The molecule has 0 heterocycles. The first kappa shape index (κ1) is 15.4. The summed E-state index contributed by atoms with van der Waals surface area (Å²) in [7, 11) is 0. The zero-order valence-electron chi connectivity index (χ0n) is 11.3. The van der Waals surface area contributed by atoms with E-state index in [2.05, 4.69) is 5.32 Å². The number of nitrogens with two attached hydrogens (primary N) is 1. The van der Waals surface area contributed by atoms with Crippen LogP contribution < -0.4 is 11.1 Å². The van der Waals surface area contributed by atoms with Crippen LogP contribution in [0.3, 0.4) is 0 Å². The normalized spacial score (nSPS) is 10.1. The molecule has 0 spiro atoms. The summed E-state index contributed by atoms with van der Waals surface area (Å²) in [5, 5.41) is 2.34. The number of benzene rings is 2. The number of amides is 2. The van der Waals surface area contributed by atoms with Crippen molar-refractivity contribution >= 4 is 17.7 Å². The Labute approximate surface area is 124 Å². The van der Waals surface area contributed by atoms with E-state index >= 15 is 0 Å². The molecule has 0 radical (unpaired) electrons. The monoisotopic (exact) mass is 306 g/mol. The van der Waals surface area contributed by atoms with Crippen LogP contribution in [0.5, 0.6) is 0 Å². The number of primary amides is 1. The van der Waals surface area contributed by atoms with Crippen LogP contribution >= 0.6 is 0 Å². The molecule has 114 valence electrons. The molecule has 0 aliphatic rings. The van der Waals surface area contributed by atoms with Gasteiger partial charge in [0, 0.05) is 11.3 Å². The number of nitrogens with one attached hydrogen (secondary N) is 1. The molecule has 0 bridgehead atoms. The Kier molecular flexibility index (Phi) is 4.67. The zero-order valence-corrected chi connectivity index (χ0v) is 11.3. The molecule has 2 amide bonds. The largest absolute Gasteiger partial charge is 0.457 e. The minimum absolute atomic E-state index is 0.0552. The van der Waals surface area contributed by atoms with E-state index in [4.69, 9.17) is 10.5 Å². The highest BCUT2D eigenvalue weighted by Gasteiger charge is 2.12. The second-order valence-corrected chi connectivity index (χ2v) is 4.36. The van der Waals surface area contributed by atoms with Gasteiger partial charge in [0.15, 0.2) is 11.6 Å². The van der Waals surface area contributed by atoms with Gasteiger partial charge in [0.25, 0.3) is 0 Å². The van der Waals surface area contributed by atoms with E-state index in [1.807, 2.05) is 0 Å². The summed E-state index contributed by atoms with van der Waals surface area (Å²) in [4.78, 5) is 22.5. The topological polar surface area (TPSA) is 81.4 Å². The van der Waals surface area contributed by atoms with Gasteiger partial charge in [0.2, 0.25) is 0 Å². The van der Waals surface area contributed by atoms with Gasteiger partial charge in [-0.25, -0.2) is 18.4 Å². The summed E-state index contributed by atoms with van der Waals surface area (Å²) in [5.74, 6) is -2.75. The first-order chi connectivity index (χ1) is 10.5. The average Bonchev–Trinajstić information content (AvgIpc) is 2.48. The number of rotatable bonds is 4. The maximum absolute atomic E-state index is 13.4. The quantitative estimate of drug-likeness (QED) is 0.852. The predicted molar refractivity (Wildman–Crippen MR) is 75.1 cm³/mol. The zero-order chi connectivity index (χ0) is 16.1. The van der Waals surface area contributed by atoms with Gasteiger partial charge < -0.3 is 15.8 Å². The van der Waals surface area contributed by atoms with Crippen LogP contribution in [0.15, 0.2) is 42.5 Å². The summed E-state index contributed by atoms with van der Waals surface area (Å²) in [6, 6.07) is 8.65. The number of esters is 1. The van der Waals surface area contributed by atoms with Gasteiger partial charge in [-0.15, -0.1) is 0 Å². The lowest BCUT2D eigenvalue weighted by molar-refractivity contribution is 0.0468. The van der Waals surface area contributed by atoms with Gasteiger partial charge in [0.05, 0.1) is 5.56 Å². The summed E-state index contributed by atoms with van der Waals surface area (Å²) in [5.41, 5.74) is 5.52. The molecule has 0 aromatic heterocycles. The maximum atomic E-state index is 13.4. The molecule has 0 saturated heterocycles. The van der Waals surface area contributed by atoms with E-state index < -0.39 is 23.6 Å².